The highest BCUT2D eigenvalue weighted by molar-refractivity contribution is 6.40. The third-order valence-corrected chi connectivity index (χ3v) is 7.70. The Morgan fingerprint density at radius 3 is 2.23 bits per heavy atom. The minimum atomic E-state index is -0.423. The van der Waals surface area contributed by atoms with E-state index in [1.807, 2.05) is 30.3 Å². The fraction of sp³-hybridized carbons (Fsp3) is 0.231. The van der Waals surface area contributed by atoms with Gasteiger partial charge in [0.15, 0.2) is 0 Å². The molecule has 3 N–H and O–H groups in total. The summed E-state index contributed by atoms with van der Waals surface area (Å²) in [6.45, 7) is 0.208. The summed E-state index contributed by atoms with van der Waals surface area (Å²) in [5.41, 5.74) is 5.56. The summed E-state index contributed by atoms with van der Waals surface area (Å²) in [7, 11) is 0. The van der Waals surface area contributed by atoms with Crippen molar-refractivity contribution in [1.29, 1.82) is 0 Å². The number of fused-ring (bicyclic) bond motifs is 1. The zero-order valence-electron chi connectivity index (χ0n) is 18.7. The number of hydrogen-bond acceptors (Lipinski definition) is 4. The standard InChI is InChI=1S/C26H23Cl3N4O2/c27-21-5-2-1-4-18(21)19-12-16(15-8-10-17(31-35)11-9-15)13-24-20(19)14-32(30)26(34)33(24)25-22(28)6-3-7-23(25)29/h1-7,12-13,15,35H,8-11,14,30H2. The van der Waals surface area contributed by atoms with Crippen LogP contribution in [0.3, 0.4) is 0 Å². The highest BCUT2D eigenvalue weighted by atomic mass is 35.5. The number of hydrazine groups is 1. The average Bonchev–Trinajstić information content (AvgIpc) is 2.86. The molecule has 3 aromatic rings. The van der Waals surface area contributed by atoms with E-state index in [1.165, 1.54) is 4.90 Å². The lowest BCUT2D eigenvalue weighted by molar-refractivity contribution is 0.203. The van der Waals surface area contributed by atoms with Crippen LogP contribution < -0.4 is 10.7 Å². The molecule has 0 bridgehead atoms. The van der Waals surface area contributed by atoms with Gasteiger partial charge in [0.2, 0.25) is 0 Å². The Bertz CT molecular complexity index is 1310. The Labute approximate surface area is 218 Å². The molecule has 1 fully saturated rings. The molecular formula is C26H23Cl3N4O2. The van der Waals surface area contributed by atoms with E-state index in [1.54, 1.807) is 18.2 Å². The first-order chi connectivity index (χ1) is 16.9. The number of para-hydroxylation sites is 1. The van der Waals surface area contributed by atoms with Crippen LogP contribution in [0.2, 0.25) is 15.1 Å². The molecule has 1 aliphatic heterocycles. The number of nitrogens with two attached hydrogens (primary N) is 1. The summed E-state index contributed by atoms with van der Waals surface area (Å²) in [5, 5.41) is 15.0. The summed E-state index contributed by atoms with van der Waals surface area (Å²) >= 11 is 19.7. The van der Waals surface area contributed by atoms with Gasteiger partial charge in [-0.3, -0.25) is 9.91 Å². The van der Waals surface area contributed by atoms with E-state index in [4.69, 9.17) is 40.6 Å². The second-order valence-electron chi connectivity index (χ2n) is 8.80. The van der Waals surface area contributed by atoms with Gasteiger partial charge in [-0.2, -0.15) is 0 Å². The van der Waals surface area contributed by atoms with Gasteiger partial charge in [0.05, 0.1) is 33.7 Å². The van der Waals surface area contributed by atoms with Gasteiger partial charge in [0.1, 0.15) is 0 Å². The van der Waals surface area contributed by atoms with Gasteiger partial charge in [-0.25, -0.2) is 10.6 Å². The van der Waals surface area contributed by atoms with Gasteiger partial charge in [-0.15, -0.1) is 0 Å². The number of oxime groups is 1. The van der Waals surface area contributed by atoms with Crippen molar-refractivity contribution in [3.63, 3.8) is 0 Å². The predicted molar refractivity (Wildman–Crippen MR) is 141 cm³/mol. The molecule has 0 unspecified atom stereocenters. The van der Waals surface area contributed by atoms with Crippen LogP contribution in [0, 0.1) is 0 Å². The van der Waals surface area contributed by atoms with Gasteiger partial charge in [-0.1, -0.05) is 70.3 Å². The number of benzene rings is 3. The van der Waals surface area contributed by atoms with E-state index < -0.39 is 6.03 Å². The van der Waals surface area contributed by atoms with E-state index in [0.29, 0.717) is 26.4 Å². The van der Waals surface area contributed by atoms with Crippen molar-refractivity contribution in [2.24, 2.45) is 11.0 Å². The number of carbonyl (C=O) groups excluding carboxylic acids is 1. The van der Waals surface area contributed by atoms with E-state index in [0.717, 1.165) is 58.7 Å². The molecule has 5 rings (SSSR count). The van der Waals surface area contributed by atoms with Crippen LogP contribution in [0.1, 0.15) is 42.7 Å². The van der Waals surface area contributed by atoms with Crippen molar-refractivity contribution < 1.29 is 10.0 Å². The minimum absolute atomic E-state index is 0.208. The number of halogens is 3. The van der Waals surface area contributed by atoms with E-state index in [2.05, 4.69) is 11.2 Å². The molecule has 6 nitrogen and oxygen atoms in total. The van der Waals surface area contributed by atoms with Crippen molar-refractivity contribution >= 4 is 57.9 Å². The summed E-state index contributed by atoms with van der Waals surface area (Å²) in [5.74, 6) is 6.43. The van der Waals surface area contributed by atoms with Crippen LogP contribution in [-0.2, 0) is 6.54 Å². The lowest BCUT2D eigenvalue weighted by atomic mass is 9.81. The largest absolute Gasteiger partial charge is 0.411 e. The first kappa shape index (κ1) is 23.9. The molecule has 2 aliphatic rings. The van der Waals surface area contributed by atoms with Crippen molar-refractivity contribution in [3.8, 4) is 11.1 Å². The maximum absolute atomic E-state index is 13.4. The quantitative estimate of drug-likeness (QED) is 0.157. The molecule has 1 heterocycles. The van der Waals surface area contributed by atoms with Crippen LogP contribution in [0.25, 0.3) is 11.1 Å². The normalized spacial score (nSPS) is 18.0. The van der Waals surface area contributed by atoms with Crippen LogP contribution in [0.4, 0.5) is 16.2 Å². The zero-order chi connectivity index (χ0) is 24.7. The van der Waals surface area contributed by atoms with Gasteiger partial charge in [0, 0.05) is 16.1 Å². The second-order valence-corrected chi connectivity index (χ2v) is 10.0. The lowest BCUT2D eigenvalue weighted by Gasteiger charge is -2.37. The number of anilines is 2. The third kappa shape index (κ3) is 4.36. The molecule has 0 spiro atoms. The molecule has 0 saturated heterocycles. The molecule has 180 valence electrons. The molecule has 9 heteroatoms. The molecular weight excluding hydrogens is 507 g/mol. The monoisotopic (exact) mass is 528 g/mol. The SMILES string of the molecule is NN1Cc2c(-c3ccccc3Cl)cc(C3CCC(=NO)CC3)cc2N(c2c(Cl)cccc2Cl)C1=O. The maximum Gasteiger partial charge on any atom is 0.343 e. The lowest BCUT2D eigenvalue weighted by Crippen LogP contribution is -2.48. The highest BCUT2D eigenvalue weighted by Crippen LogP contribution is 2.47. The van der Waals surface area contributed by atoms with Gasteiger partial charge in [-0.05, 0) is 67.0 Å². The Kier molecular flexibility index (Phi) is 6.64. The number of amides is 2. The first-order valence-electron chi connectivity index (χ1n) is 11.3. The Morgan fingerprint density at radius 1 is 0.914 bits per heavy atom. The van der Waals surface area contributed by atoms with Crippen LogP contribution in [-0.4, -0.2) is 22.0 Å². The fourth-order valence-corrected chi connectivity index (χ4v) is 5.78. The van der Waals surface area contributed by atoms with Crippen molar-refractivity contribution in [2.45, 2.75) is 38.1 Å². The fourth-order valence-electron chi connectivity index (χ4n) is 4.97. The molecule has 0 aromatic heterocycles. The minimum Gasteiger partial charge on any atom is -0.411 e. The number of nitrogens with zero attached hydrogens (tertiary/aromatic N) is 3. The summed E-state index contributed by atoms with van der Waals surface area (Å²) in [6.07, 6.45) is 3.11. The number of urea groups is 1. The second kappa shape index (κ2) is 9.70. The maximum atomic E-state index is 13.4. The molecule has 0 atom stereocenters. The van der Waals surface area contributed by atoms with Gasteiger partial charge >= 0.3 is 6.03 Å². The van der Waals surface area contributed by atoms with Crippen molar-refractivity contribution in [2.75, 3.05) is 4.90 Å². The predicted octanol–water partition coefficient (Wildman–Crippen LogP) is 7.75. The van der Waals surface area contributed by atoms with Gasteiger partial charge < -0.3 is 5.21 Å². The van der Waals surface area contributed by atoms with E-state index in [9.17, 15) is 10.0 Å². The molecule has 3 aromatic carbocycles. The summed E-state index contributed by atoms with van der Waals surface area (Å²) < 4.78 is 0. The smallest absolute Gasteiger partial charge is 0.343 e. The Balaban J connectivity index is 1.75. The molecule has 1 aliphatic carbocycles. The average molecular weight is 530 g/mol. The number of hydrogen-bond donors (Lipinski definition) is 2. The van der Waals surface area contributed by atoms with Crippen LogP contribution in [0.5, 0.6) is 0 Å². The molecule has 1 saturated carbocycles. The third-order valence-electron chi connectivity index (χ3n) is 6.76. The Hall–Kier alpha value is -2.77. The van der Waals surface area contributed by atoms with Crippen molar-refractivity contribution in [3.05, 3.63) is 80.8 Å². The topological polar surface area (TPSA) is 82.2 Å². The summed E-state index contributed by atoms with van der Waals surface area (Å²) in [6, 6.07) is 16.5. The van der Waals surface area contributed by atoms with E-state index >= 15 is 0 Å². The van der Waals surface area contributed by atoms with Crippen LogP contribution in [0.15, 0.2) is 59.8 Å². The first-order valence-corrected chi connectivity index (χ1v) is 12.4. The molecule has 35 heavy (non-hydrogen) atoms. The summed E-state index contributed by atoms with van der Waals surface area (Å²) in [4.78, 5) is 14.9. The van der Waals surface area contributed by atoms with E-state index in [-0.39, 0.29) is 12.5 Å². The van der Waals surface area contributed by atoms with Crippen molar-refractivity contribution in [1.82, 2.24) is 5.01 Å². The van der Waals surface area contributed by atoms with Crippen LogP contribution >= 0.6 is 34.8 Å². The molecule has 0 radical (unpaired) electrons. The highest BCUT2D eigenvalue weighted by Gasteiger charge is 2.35. The zero-order valence-corrected chi connectivity index (χ0v) is 21.0. The number of carbonyl (C=O) groups is 1. The number of rotatable bonds is 3. The Morgan fingerprint density at radius 2 is 1.57 bits per heavy atom. The molecule has 2 amide bonds. The van der Waals surface area contributed by atoms with Gasteiger partial charge in [0.25, 0.3) is 0 Å².